The van der Waals surface area contributed by atoms with Crippen LogP contribution in [0.5, 0.6) is 0 Å². The molecule has 0 bridgehead atoms. The Morgan fingerprint density at radius 1 is 1.33 bits per heavy atom. The van der Waals surface area contributed by atoms with Crippen molar-refractivity contribution in [3.05, 3.63) is 52.5 Å². The number of aromatic nitrogens is 4. The summed E-state index contributed by atoms with van der Waals surface area (Å²) in [6.45, 7) is 0.367. The number of amides is 1. The lowest BCUT2D eigenvalue weighted by atomic mass is 10.2. The fourth-order valence-corrected chi connectivity index (χ4v) is 6.47. The predicted octanol–water partition coefficient (Wildman–Crippen LogP) is 2.17. The number of nitrogens with zero attached hydrogens (tertiary/aromatic N) is 5. The molecule has 1 fully saturated rings. The first-order chi connectivity index (χ1) is 14.4. The van der Waals surface area contributed by atoms with Crippen molar-refractivity contribution in [1.29, 1.82) is 0 Å². The van der Waals surface area contributed by atoms with E-state index in [9.17, 15) is 17.6 Å². The average Bonchev–Trinajstić information content (AvgIpc) is 3.45. The van der Waals surface area contributed by atoms with Crippen molar-refractivity contribution in [2.45, 2.75) is 24.2 Å². The highest BCUT2D eigenvalue weighted by Gasteiger charge is 2.35. The first kappa shape index (κ1) is 20.9. The summed E-state index contributed by atoms with van der Waals surface area (Å²) in [4.78, 5) is 15.7. The minimum atomic E-state index is -3.13. The Bertz CT molecular complexity index is 1130. The van der Waals surface area contributed by atoms with Gasteiger partial charge in [-0.05, 0) is 46.5 Å². The first-order valence-electron chi connectivity index (χ1n) is 9.11. The van der Waals surface area contributed by atoms with Crippen molar-refractivity contribution in [2.75, 3.05) is 17.3 Å². The predicted molar refractivity (Wildman–Crippen MR) is 112 cm³/mol. The van der Waals surface area contributed by atoms with Crippen molar-refractivity contribution in [3.8, 4) is 5.69 Å². The van der Waals surface area contributed by atoms with Gasteiger partial charge in [-0.3, -0.25) is 4.79 Å². The fraction of sp³-hybridized carbons (Fsp3) is 0.333. The highest BCUT2D eigenvalue weighted by molar-refractivity contribution is 7.99. The molecule has 8 nitrogen and oxygen atoms in total. The van der Waals surface area contributed by atoms with E-state index < -0.39 is 15.7 Å². The summed E-state index contributed by atoms with van der Waals surface area (Å²) < 4.78 is 38.8. The second kappa shape index (κ2) is 8.82. The van der Waals surface area contributed by atoms with Crippen LogP contribution in [-0.4, -0.2) is 62.7 Å². The van der Waals surface area contributed by atoms with E-state index >= 15 is 0 Å². The van der Waals surface area contributed by atoms with Crippen LogP contribution in [0.1, 0.15) is 11.3 Å². The lowest BCUT2D eigenvalue weighted by molar-refractivity contribution is -0.130. The van der Waals surface area contributed by atoms with E-state index in [1.54, 1.807) is 17.0 Å². The Morgan fingerprint density at radius 3 is 2.90 bits per heavy atom. The molecule has 2 aromatic heterocycles. The quantitative estimate of drug-likeness (QED) is 0.491. The number of rotatable bonds is 7. The zero-order valence-corrected chi connectivity index (χ0v) is 18.2. The summed E-state index contributed by atoms with van der Waals surface area (Å²) in [7, 11) is -3.13. The lowest BCUT2D eigenvalue weighted by Crippen LogP contribution is -2.41. The SMILES string of the molecule is O=C(CSc1nnnn1-c1cccc(F)c1)N(Cc1cccs1)C1CCS(=O)(=O)C1. The van der Waals surface area contributed by atoms with E-state index in [0.717, 1.165) is 16.6 Å². The molecule has 0 spiro atoms. The smallest absolute Gasteiger partial charge is 0.233 e. The van der Waals surface area contributed by atoms with Crippen LogP contribution < -0.4 is 0 Å². The largest absolute Gasteiger partial charge is 0.333 e. The van der Waals surface area contributed by atoms with Crippen LogP contribution in [0.25, 0.3) is 5.69 Å². The van der Waals surface area contributed by atoms with Gasteiger partial charge in [0.1, 0.15) is 5.82 Å². The Hall–Kier alpha value is -2.31. The number of thiophene rings is 1. The molecule has 12 heteroatoms. The van der Waals surface area contributed by atoms with Crippen molar-refractivity contribution < 1.29 is 17.6 Å². The number of hydrogen-bond acceptors (Lipinski definition) is 8. The standard InChI is InChI=1S/C18H18FN5O3S3/c19-13-3-1-4-14(9-13)24-18(20-21-22-24)29-11-17(25)23(10-16-5-2-7-28-16)15-6-8-30(26,27)12-15/h1-5,7,9,15H,6,8,10-12H2. The number of thioether (sulfide) groups is 1. The third kappa shape index (κ3) is 4.87. The van der Waals surface area contributed by atoms with Crippen molar-refractivity contribution >= 4 is 38.8 Å². The molecule has 1 unspecified atom stereocenters. The van der Waals surface area contributed by atoms with Crippen LogP contribution >= 0.6 is 23.1 Å². The van der Waals surface area contributed by atoms with Gasteiger partial charge in [0.2, 0.25) is 11.1 Å². The summed E-state index contributed by atoms with van der Waals surface area (Å²) in [6.07, 6.45) is 0.436. The van der Waals surface area contributed by atoms with Crippen LogP contribution in [-0.2, 0) is 21.2 Å². The van der Waals surface area contributed by atoms with Gasteiger partial charge in [0.05, 0.1) is 29.5 Å². The molecule has 3 heterocycles. The molecule has 4 rings (SSSR count). The molecule has 30 heavy (non-hydrogen) atoms. The van der Waals surface area contributed by atoms with Crippen LogP contribution in [0.2, 0.25) is 0 Å². The third-order valence-electron chi connectivity index (χ3n) is 4.69. The molecule has 3 aromatic rings. The number of hydrogen-bond donors (Lipinski definition) is 0. The molecule has 158 valence electrons. The van der Waals surface area contributed by atoms with Gasteiger partial charge in [0.15, 0.2) is 9.84 Å². The Kier molecular flexibility index (Phi) is 6.16. The second-order valence-electron chi connectivity index (χ2n) is 6.80. The van der Waals surface area contributed by atoms with E-state index in [1.165, 1.54) is 28.2 Å². The van der Waals surface area contributed by atoms with E-state index in [2.05, 4.69) is 15.5 Å². The molecule has 1 amide bonds. The van der Waals surface area contributed by atoms with Crippen LogP contribution in [0.3, 0.4) is 0 Å². The Balaban J connectivity index is 1.49. The van der Waals surface area contributed by atoms with Crippen LogP contribution in [0, 0.1) is 5.82 Å². The summed E-state index contributed by atoms with van der Waals surface area (Å²) in [6, 6.07) is 9.32. The van der Waals surface area contributed by atoms with Crippen molar-refractivity contribution in [3.63, 3.8) is 0 Å². The zero-order chi connectivity index (χ0) is 21.1. The molecule has 0 radical (unpaired) electrons. The van der Waals surface area contributed by atoms with Gasteiger partial charge in [-0.15, -0.1) is 16.4 Å². The maximum atomic E-state index is 13.5. The average molecular weight is 468 g/mol. The molecule has 1 saturated heterocycles. The number of carbonyl (C=O) groups excluding carboxylic acids is 1. The molecular weight excluding hydrogens is 449 g/mol. The minimum Gasteiger partial charge on any atom is -0.333 e. The lowest BCUT2D eigenvalue weighted by Gasteiger charge is -2.27. The molecule has 1 aliphatic rings. The number of halogens is 1. The van der Waals surface area contributed by atoms with Crippen molar-refractivity contribution in [1.82, 2.24) is 25.1 Å². The number of carbonyl (C=O) groups is 1. The van der Waals surface area contributed by atoms with E-state index in [-0.39, 0.29) is 29.2 Å². The molecular formula is C18H18FN5O3S3. The van der Waals surface area contributed by atoms with E-state index in [4.69, 9.17) is 0 Å². The summed E-state index contributed by atoms with van der Waals surface area (Å²) in [5.74, 6) is -0.492. The van der Waals surface area contributed by atoms with Gasteiger partial charge in [-0.2, -0.15) is 4.68 Å². The summed E-state index contributed by atoms with van der Waals surface area (Å²) >= 11 is 2.65. The van der Waals surface area contributed by atoms with Gasteiger partial charge in [-0.1, -0.05) is 23.9 Å². The molecule has 1 aliphatic heterocycles. The first-order valence-corrected chi connectivity index (χ1v) is 12.8. The van der Waals surface area contributed by atoms with Crippen LogP contribution in [0.4, 0.5) is 4.39 Å². The molecule has 1 aromatic carbocycles. The Labute approximate surface area is 181 Å². The van der Waals surface area contributed by atoms with E-state index in [0.29, 0.717) is 23.8 Å². The van der Waals surface area contributed by atoms with Gasteiger partial charge in [0.25, 0.3) is 0 Å². The maximum absolute atomic E-state index is 13.5. The van der Waals surface area contributed by atoms with Gasteiger partial charge in [0, 0.05) is 10.9 Å². The fourth-order valence-electron chi connectivity index (χ4n) is 3.26. The Morgan fingerprint density at radius 2 is 2.20 bits per heavy atom. The highest BCUT2D eigenvalue weighted by atomic mass is 32.2. The zero-order valence-electron chi connectivity index (χ0n) is 15.7. The maximum Gasteiger partial charge on any atom is 0.233 e. The van der Waals surface area contributed by atoms with Crippen LogP contribution in [0.15, 0.2) is 46.9 Å². The molecule has 0 N–H and O–H groups in total. The third-order valence-corrected chi connectivity index (χ3v) is 8.21. The summed E-state index contributed by atoms with van der Waals surface area (Å²) in [5, 5.41) is 13.7. The van der Waals surface area contributed by atoms with Gasteiger partial charge >= 0.3 is 0 Å². The number of benzene rings is 1. The minimum absolute atomic E-state index is 0.0180. The summed E-state index contributed by atoms with van der Waals surface area (Å²) in [5.41, 5.74) is 0.451. The highest BCUT2D eigenvalue weighted by Crippen LogP contribution is 2.25. The number of tetrazole rings is 1. The molecule has 0 aliphatic carbocycles. The normalized spacial score (nSPS) is 17.8. The van der Waals surface area contributed by atoms with Gasteiger partial charge in [-0.25, -0.2) is 12.8 Å². The van der Waals surface area contributed by atoms with E-state index in [1.807, 2.05) is 17.5 Å². The molecule has 0 saturated carbocycles. The van der Waals surface area contributed by atoms with Crippen molar-refractivity contribution in [2.24, 2.45) is 0 Å². The topological polar surface area (TPSA) is 98.1 Å². The van der Waals surface area contributed by atoms with Gasteiger partial charge < -0.3 is 4.90 Å². The number of sulfone groups is 1. The second-order valence-corrected chi connectivity index (χ2v) is 11.0. The monoisotopic (exact) mass is 467 g/mol. The molecule has 1 atom stereocenters.